The van der Waals surface area contributed by atoms with Crippen molar-refractivity contribution in [2.75, 3.05) is 5.32 Å². The second-order valence-corrected chi connectivity index (χ2v) is 11.4. The fourth-order valence-electron chi connectivity index (χ4n) is 4.46. The predicted octanol–water partition coefficient (Wildman–Crippen LogP) is 4.19. The minimum Gasteiger partial charge on any atom is -0.490 e. The van der Waals surface area contributed by atoms with Gasteiger partial charge in [-0.25, -0.2) is 13.1 Å². The Morgan fingerprint density at radius 3 is 2.37 bits per heavy atom. The van der Waals surface area contributed by atoms with E-state index in [0.29, 0.717) is 6.10 Å². The lowest BCUT2D eigenvalue weighted by molar-refractivity contribution is 0.103. The topological polar surface area (TPSA) is 87.7 Å². The van der Waals surface area contributed by atoms with Gasteiger partial charge in [0, 0.05) is 17.6 Å². The summed E-state index contributed by atoms with van der Waals surface area (Å²) in [5.74, 6) is 1.08. The van der Waals surface area contributed by atoms with E-state index in [9.17, 15) is 13.5 Å². The number of sulfonamides is 1. The fraction of sp³-hybridized carbons (Fsp3) is 0.739. The van der Waals surface area contributed by atoms with E-state index < -0.39 is 21.5 Å². The van der Waals surface area contributed by atoms with Gasteiger partial charge in [-0.05, 0) is 95.4 Å². The molecule has 0 saturated heterocycles. The van der Waals surface area contributed by atoms with E-state index in [0.717, 1.165) is 61.9 Å². The number of ether oxygens (including phenoxy) is 1. The molecule has 6 nitrogen and oxygen atoms in total. The van der Waals surface area contributed by atoms with Gasteiger partial charge in [0.1, 0.15) is 12.0 Å². The first-order chi connectivity index (χ1) is 14.3. The first-order valence-electron chi connectivity index (χ1n) is 11.5. The van der Waals surface area contributed by atoms with E-state index in [2.05, 4.69) is 23.0 Å². The number of benzene rings is 1. The van der Waals surface area contributed by atoms with Crippen LogP contribution in [0.15, 0.2) is 18.2 Å². The van der Waals surface area contributed by atoms with Crippen LogP contribution in [0, 0.1) is 5.92 Å². The van der Waals surface area contributed by atoms with Crippen LogP contribution in [0.3, 0.4) is 0 Å². The van der Waals surface area contributed by atoms with Crippen LogP contribution in [-0.2, 0) is 16.4 Å². The zero-order valence-corrected chi connectivity index (χ0v) is 19.4. The second kappa shape index (κ2) is 10.3. The van der Waals surface area contributed by atoms with Gasteiger partial charge in [0.25, 0.3) is 0 Å². The summed E-state index contributed by atoms with van der Waals surface area (Å²) in [7, 11) is -3.24. The lowest BCUT2D eigenvalue weighted by Gasteiger charge is -2.32. The number of hydrogen-bond acceptors (Lipinski definition) is 5. The summed E-state index contributed by atoms with van der Waals surface area (Å²) in [5, 5.41) is 13.5. The Hall–Kier alpha value is -1.31. The molecule has 2 fully saturated rings. The standard InChI is InChI=1S/C23H38N2O4S/c1-4-17-15-20(13-14-22(17)29-21-7-5-6-8-21)24-23(26)18-9-11-19(12-10-18)25-30(27,28)16(2)3/h13-16,18-19,21,23-26H,4-12H2,1-3H3/t18-,19-,23?. The van der Waals surface area contributed by atoms with Crippen LogP contribution in [0.2, 0.25) is 0 Å². The molecule has 0 aliphatic heterocycles. The van der Waals surface area contributed by atoms with E-state index >= 15 is 0 Å². The average Bonchev–Trinajstić information content (AvgIpc) is 3.22. The third kappa shape index (κ3) is 6.11. The van der Waals surface area contributed by atoms with Crippen molar-refractivity contribution >= 4 is 15.7 Å². The van der Waals surface area contributed by atoms with Gasteiger partial charge in [0.15, 0.2) is 0 Å². The molecule has 7 heteroatoms. The highest BCUT2D eigenvalue weighted by molar-refractivity contribution is 7.90. The molecule has 0 amide bonds. The molecule has 1 aromatic rings. The molecule has 2 saturated carbocycles. The summed E-state index contributed by atoms with van der Waals surface area (Å²) < 4.78 is 33.1. The zero-order valence-electron chi connectivity index (χ0n) is 18.6. The van der Waals surface area contributed by atoms with Crippen molar-refractivity contribution in [1.82, 2.24) is 4.72 Å². The molecule has 0 heterocycles. The van der Waals surface area contributed by atoms with Crippen molar-refractivity contribution in [3.05, 3.63) is 23.8 Å². The minimum absolute atomic E-state index is 0.0282. The van der Waals surface area contributed by atoms with Crippen LogP contribution >= 0.6 is 0 Å². The van der Waals surface area contributed by atoms with E-state index in [4.69, 9.17) is 4.74 Å². The zero-order chi connectivity index (χ0) is 21.7. The Morgan fingerprint density at radius 1 is 1.10 bits per heavy atom. The van der Waals surface area contributed by atoms with Crippen molar-refractivity contribution < 1.29 is 18.3 Å². The molecule has 2 aliphatic rings. The molecule has 1 atom stereocenters. The quantitative estimate of drug-likeness (QED) is 0.503. The maximum atomic E-state index is 12.1. The Kier molecular flexibility index (Phi) is 8.04. The molecule has 0 aromatic heterocycles. The fourth-order valence-corrected chi connectivity index (χ4v) is 5.43. The SMILES string of the molecule is CCc1cc(NC(O)[C@H]2CC[C@H](NS(=O)(=O)C(C)C)CC2)ccc1OC1CCCC1. The summed E-state index contributed by atoms with van der Waals surface area (Å²) in [6.07, 6.45) is 8.45. The Balaban J connectivity index is 1.52. The lowest BCUT2D eigenvalue weighted by atomic mass is 9.85. The van der Waals surface area contributed by atoms with E-state index in [-0.39, 0.29) is 12.0 Å². The van der Waals surface area contributed by atoms with Crippen molar-refractivity contribution in [2.45, 2.75) is 102 Å². The van der Waals surface area contributed by atoms with Crippen LogP contribution in [-0.4, -0.2) is 37.1 Å². The number of hydrogen-bond donors (Lipinski definition) is 3. The predicted molar refractivity (Wildman–Crippen MR) is 121 cm³/mol. The molecule has 3 N–H and O–H groups in total. The van der Waals surface area contributed by atoms with Gasteiger partial charge in [-0.15, -0.1) is 0 Å². The maximum absolute atomic E-state index is 12.1. The molecular weight excluding hydrogens is 400 g/mol. The van der Waals surface area contributed by atoms with E-state index in [1.165, 1.54) is 12.8 Å². The molecule has 0 spiro atoms. The molecule has 1 unspecified atom stereocenters. The molecule has 1 aromatic carbocycles. The highest BCUT2D eigenvalue weighted by atomic mass is 32.2. The van der Waals surface area contributed by atoms with Crippen molar-refractivity contribution in [1.29, 1.82) is 0 Å². The molecule has 0 radical (unpaired) electrons. The van der Waals surface area contributed by atoms with Crippen molar-refractivity contribution in [2.24, 2.45) is 5.92 Å². The van der Waals surface area contributed by atoms with E-state index in [1.807, 2.05) is 12.1 Å². The molecule has 170 valence electrons. The highest BCUT2D eigenvalue weighted by Crippen LogP contribution is 2.31. The van der Waals surface area contributed by atoms with Gasteiger partial charge in [-0.2, -0.15) is 0 Å². The van der Waals surface area contributed by atoms with Gasteiger partial charge in [0.05, 0.1) is 11.4 Å². The normalized spacial score (nSPS) is 24.2. The monoisotopic (exact) mass is 438 g/mol. The molecule has 2 aliphatic carbocycles. The van der Waals surface area contributed by atoms with Crippen molar-refractivity contribution in [3.63, 3.8) is 0 Å². The Bertz CT molecular complexity index is 782. The van der Waals surface area contributed by atoms with Crippen LogP contribution in [0.5, 0.6) is 5.75 Å². The minimum atomic E-state index is -3.24. The Morgan fingerprint density at radius 2 is 1.77 bits per heavy atom. The summed E-state index contributed by atoms with van der Waals surface area (Å²) in [6, 6.07) is 6.05. The Labute approximate surface area is 181 Å². The van der Waals surface area contributed by atoms with Gasteiger partial charge in [0.2, 0.25) is 10.0 Å². The number of rotatable bonds is 9. The number of aryl methyl sites for hydroxylation is 1. The largest absolute Gasteiger partial charge is 0.490 e. The molecular formula is C23H38N2O4S. The van der Waals surface area contributed by atoms with Gasteiger partial charge < -0.3 is 15.2 Å². The van der Waals surface area contributed by atoms with E-state index in [1.54, 1.807) is 13.8 Å². The average molecular weight is 439 g/mol. The van der Waals surface area contributed by atoms with Gasteiger partial charge >= 0.3 is 0 Å². The molecule has 0 bridgehead atoms. The third-order valence-corrected chi connectivity index (χ3v) is 8.42. The van der Waals surface area contributed by atoms with Crippen LogP contribution in [0.1, 0.15) is 77.7 Å². The summed E-state index contributed by atoms with van der Waals surface area (Å²) in [5.41, 5.74) is 2.06. The number of aliphatic hydroxyl groups excluding tert-OH is 1. The van der Waals surface area contributed by atoms with Crippen molar-refractivity contribution in [3.8, 4) is 5.75 Å². The molecule has 3 rings (SSSR count). The summed E-state index contributed by atoms with van der Waals surface area (Å²) in [4.78, 5) is 0. The summed E-state index contributed by atoms with van der Waals surface area (Å²) in [6.45, 7) is 5.50. The maximum Gasteiger partial charge on any atom is 0.214 e. The van der Waals surface area contributed by atoms with Crippen LogP contribution in [0.4, 0.5) is 5.69 Å². The lowest BCUT2D eigenvalue weighted by Crippen LogP contribution is -2.43. The summed E-state index contributed by atoms with van der Waals surface area (Å²) >= 11 is 0. The first kappa shape index (κ1) is 23.4. The number of nitrogens with one attached hydrogen (secondary N) is 2. The van der Waals surface area contributed by atoms with Crippen LogP contribution in [0.25, 0.3) is 0 Å². The van der Waals surface area contributed by atoms with Gasteiger partial charge in [-0.1, -0.05) is 6.92 Å². The third-order valence-electron chi connectivity index (χ3n) is 6.52. The number of anilines is 1. The smallest absolute Gasteiger partial charge is 0.214 e. The van der Waals surface area contributed by atoms with Crippen LogP contribution < -0.4 is 14.8 Å². The number of aliphatic hydroxyl groups is 1. The van der Waals surface area contributed by atoms with Gasteiger partial charge in [-0.3, -0.25) is 0 Å². The first-order valence-corrected chi connectivity index (χ1v) is 13.1. The highest BCUT2D eigenvalue weighted by Gasteiger charge is 2.29. The second-order valence-electron chi connectivity index (χ2n) is 9.11. The molecule has 30 heavy (non-hydrogen) atoms.